The number of ether oxygens (including phenoxy) is 1. The quantitative estimate of drug-likeness (QED) is 0.810. The largest absolute Gasteiger partial charge is 0.480 e. The predicted octanol–water partition coefficient (Wildman–Crippen LogP) is 1.45. The van der Waals surface area contributed by atoms with Gasteiger partial charge in [-0.1, -0.05) is 0 Å². The fraction of sp³-hybridized carbons (Fsp3) is 0.846. The molecule has 110 valence electrons. The minimum Gasteiger partial charge on any atom is -0.480 e. The zero-order chi connectivity index (χ0) is 14.5. The van der Waals surface area contributed by atoms with Gasteiger partial charge in [0.25, 0.3) is 0 Å². The van der Waals surface area contributed by atoms with Gasteiger partial charge in [0.2, 0.25) is 0 Å². The van der Waals surface area contributed by atoms with Crippen LogP contribution < -0.4 is 5.32 Å². The summed E-state index contributed by atoms with van der Waals surface area (Å²) in [5.74, 6) is -0.889. The summed E-state index contributed by atoms with van der Waals surface area (Å²) in [6.07, 6.45) is 2.59. The van der Waals surface area contributed by atoms with Gasteiger partial charge in [-0.25, -0.2) is 4.79 Å². The van der Waals surface area contributed by atoms with E-state index in [9.17, 15) is 9.59 Å². The molecule has 1 rings (SSSR count). The van der Waals surface area contributed by atoms with E-state index in [1.165, 1.54) is 0 Å². The van der Waals surface area contributed by atoms with Gasteiger partial charge in [0.15, 0.2) is 0 Å². The van der Waals surface area contributed by atoms with Crippen molar-refractivity contribution in [2.75, 3.05) is 19.6 Å². The van der Waals surface area contributed by atoms with Gasteiger partial charge < -0.3 is 20.1 Å². The third kappa shape index (κ3) is 5.92. The van der Waals surface area contributed by atoms with Gasteiger partial charge in [0, 0.05) is 19.1 Å². The normalized spacial score (nSPS) is 20.2. The highest BCUT2D eigenvalue weighted by Gasteiger charge is 2.30. The maximum atomic E-state index is 12.1. The average Bonchev–Trinajstić information content (AvgIpc) is 2.26. The van der Waals surface area contributed by atoms with Crippen molar-refractivity contribution in [1.29, 1.82) is 0 Å². The second kappa shape index (κ2) is 6.75. The van der Waals surface area contributed by atoms with Crippen LogP contribution in [0.4, 0.5) is 4.79 Å². The first kappa shape index (κ1) is 15.8. The molecule has 1 aliphatic heterocycles. The number of carboxylic acids is 1. The summed E-state index contributed by atoms with van der Waals surface area (Å²) in [7, 11) is 0. The van der Waals surface area contributed by atoms with E-state index in [2.05, 4.69) is 5.32 Å². The van der Waals surface area contributed by atoms with E-state index in [-0.39, 0.29) is 18.7 Å². The third-order valence-electron chi connectivity index (χ3n) is 2.91. The van der Waals surface area contributed by atoms with Crippen molar-refractivity contribution in [3.05, 3.63) is 0 Å². The van der Waals surface area contributed by atoms with Crippen molar-refractivity contribution in [1.82, 2.24) is 10.2 Å². The van der Waals surface area contributed by atoms with E-state index >= 15 is 0 Å². The number of rotatable bonds is 4. The number of likely N-dealkylation sites (tertiary alicyclic amines) is 1. The highest BCUT2D eigenvalue weighted by atomic mass is 16.6. The van der Waals surface area contributed by atoms with E-state index in [0.717, 1.165) is 19.3 Å². The standard InChI is InChI=1S/C13H24N2O4/c1-13(2,3)19-12(18)15-7-5-4-6-10(15)8-14-9-11(16)17/h10,14H,4-9H2,1-3H3,(H,16,17). The molecule has 1 atom stereocenters. The van der Waals surface area contributed by atoms with E-state index < -0.39 is 11.6 Å². The van der Waals surface area contributed by atoms with Crippen molar-refractivity contribution in [3.63, 3.8) is 0 Å². The number of amides is 1. The van der Waals surface area contributed by atoms with Crippen LogP contribution in [0.3, 0.4) is 0 Å². The summed E-state index contributed by atoms with van der Waals surface area (Å²) in [6, 6.07) is 0.0166. The number of carbonyl (C=O) groups is 2. The van der Waals surface area contributed by atoms with Crippen molar-refractivity contribution in [3.8, 4) is 0 Å². The van der Waals surface area contributed by atoms with Gasteiger partial charge in [-0.05, 0) is 40.0 Å². The molecule has 1 heterocycles. The van der Waals surface area contributed by atoms with Crippen LogP contribution in [0.15, 0.2) is 0 Å². The Morgan fingerprint density at radius 3 is 2.63 bits per heavy atom. The summed E-state index contributed by atoms with van der Waals surface area (Å²) in [6.45, 7) is 6.60. The smallest absolute Gasteiger partial charge is 0.410 e. The van der Waals surface area contributed by atoms with Crippen LogP contribution in [0.2, 0.25) is 0 Å². The lowest BCUT2D eigenvalue weighted by atomic mass is 10.0. The van der Waals surface area contributed by atoms with Crippen LogP contribution in [0.5, 0.6) is 0 Å². The van der Waals surface area contributed by atoms with Crippen LogP contribution in [0, 0.1) is 0 Å². The maximum absolute atomic E-state index is 12.1. The molecule has 1 amide bonds. The molecule has 1 unspecified atom stereocenters. The molecular formula is C13H24N2O4. The summed E-state index contributed by atoms with van der Waals surface area (Å²) in [5, 5.41) is 11.5. The molecule has 0 aromatic heterocycles. The number of piperidine rings is 1. The zero-order valence-corrected chi connectivity index (χ0v) is 11.9. The van der Waals surface area contributed by atoms with E-state index in [4.69, 9.17) is 9.84 Å². The lowest BCUT2D eigenvalue weighted by molar-refractivity contribution is -0.136. The molecule has 1 fully saturated rings. The maximum Gasteiger partial charge on any atom is 0.410 e. The van der Waals surface area contributed by atoms with E-state index in [1.54, 1.807) is 4.90 Å². The molecular weight excluding hydrogens is 248 g/mol. The van der Waals surface area contributed by atoms with Crippen LogP contribution >= 0.6 is 0 Å². The summed E-state index contributed by atoms with van der Waals surface area (Å²) in [5.41, 5.74) is -0.506. The highest BCUT2D eigenvalue weighted by Crippen LogP contribution is 2.19. The Labute approximate surface area is 114 Å². The minimum absolute atomic E-state index is 0.0166. The van der Waals surface area contributed by atoms with Crippen LogP contribution in [-0.4, -0.2) is 53.3 Å². The fourth-order valence-corrected chi connectivity index (χ4v) is 2.12. The SMILES string of the molecule is CC(C)(C)OC(=O)N1CCCCC1CNCC(=O)O. The number of carboxylic acid groups (broad SMARTS) is 1. The number of carbonyl (C=O) groups excluding carboxylic acids is 1. The van der Waals surface area contributed by atoms with Crippen LogP contribution in [0.1, 0.15) is 40.0 Å². The first-order valence-electron chi connectivity index (χ1n) is 6.72. The van der Waals surface area contributed by atoms with Crippen molar-refractivity contribution in [2.45, 2.75) is 51.7 Å². The Hall–Kier alpha value is -1.30. The number of hydrogen-bond acceptors (Lipinski definition) is 4. The summed E-state index contributed by atoms with van der Waals surface area (Å²) >= 11 is 0. The first-order chi connectivity index (χ1) is 8.79. The molecule has 6 heteroatoms. The van der Waals surface area contributed by atoms with Crippen molar-refractivity contribution >= 4 is 12.1 Å². The van der Waals surface area contributed by atoms with Crippen LogP contribution in [0.25, 0.3) is 0 Å². The molecule has 0 spiro atoms. The van der Waals surface area contributed by atoms with Crippen LogP contribution in [-0.2, 0) is 9.53 Å². The van der Waals surface area contributed by atoms with Gasteiger partial charge >= 0.3 is 12.1 Å². The number of nitrogens with zero attached hydrogens (tertiary/aromatic N) is 1. The predicted molar refractivity (Wildman–Crippen MR) is 71.1 cm³/mol. The van der Waals surface area contributed by atoms with Gasteiger partial charge in [-0.3, -0.25) is 4.79 Å². The Balaban J connectivity index is 2.51. The van der Waals surface area contributed by atoms with Crippen molar-refractivity contribution < 1.29 is 19.4 Å². The van der Waals surface area contributed by atoms with Gasteiger partial charge in [-0.2, -0.15) is 0 Å². The van der Waals surface area contributed by atoms with Gasteiger partial charge in [0.05, 0.1) is 6.54 Å². The molecule has 2 N–H and O–H groups in total. The van der Waals surface area contributed by atoms with E-state index in [1.807, 2.05) is 20.8 Å². The van der Waals surface area contributed by atoms with Gasteiger partial charge in [0.1, 0.15) is 5.60 Å². The molecule has 0 aromatic carbocycles. The minimum atomic E-state index is -0.889. The highest BCUT2D eigenvalue weighted by molar-refractivity contribution is 5.69. The second-order valence-corrected chi connectivity index (χ2v) is 5.85. The lowest BCUT2D eigenvalue weighted by Crippen LogP contribution is -2.50. The van der Waals surface area contributed by atoms with Gasteiger partial charge in [-0.15, -0.1) is 0 Å². The Morgan fingerprint density at radius 2 is 2.05 bits per heavy atom. The Morgan fingerprint density at radius 1 is 1.37 bits per heavy atom. The number of hydrogen-bond donors (Lipinski definition) is 2. The molecule has 0 radical (unpaired) electrons. The van der Waals surface area contributed by atoms with E-state index in [0.29, 0.717) is 13.1 Å². The molecule has 6 nitrogen and oxygen atoms in total. The molecule has 19 heavy (non-hydrogen) atoms. The molecule has 0 aromatic rings. The molecule has 1 aliphatic rings. The van der Waals surface area contributed by atoms with Crippen molar-refractivity contribution in [2.24, 2.45) is 0 Å². The average molecular weight is 272 g/mol. The topological polar surface area (TPSA) is 78.9 Å². The molecule has 0 bridgehead atoms. The summed E-state index contributed by atoms with van der Waals surface area (Å²) < 4.78 is 5.38. The second-order valence-electron chi connectivity index (χ2n) is 5.85. The third-order valence-corrected chi connectivity index (χ3v) is 2.91. The summed E-state index contributed by atoms with van der Waals surface area (Å²) in [4.78, 5) is 24.3. The Kier molecular flexibility index (Phi) is 5.60. The number of nitrogens with one attached hydrogen (secondary N) is 1. The Bertz CT molecular complexity index is 325. The first-order valence-corrected chi connectivity index (χ1v) is 6.72. The molecule has 1 saturated heterocycles. The lowest BCUT2D eigenvalue weighted by Gasteiger charge is -2.36. The number of aliphatic carboxylic acids is 1. The molecule has 0 aliphatic carbocycles. The fourth-order valence-electron chi connectivity index (χ4n) is 2.12. The zero-order valence-electron chi connectivity index (χ0n) is 11.9. The molecule has 0 saturated carbocycles. The monoisotopic (exact) mass is 272 g/mol.